The number of carboxylic acid groups (broad SMARTS) is 1. The van der Waals surface area contributed by atoms with Crippen LogP contribution >= 0.6 is 0 Å². The largest absolute Gasteiger partial charge is 0.481 e. The summed E-state index contributed by atoms with van der Waals surface area (Å²) in [5.41, 5.74) is -0.522. The number of carbonyl (C=O) groups is 1. The van der Waals surface area contributed by atoms with Crippen molar-refractivity contribution < 1.29 is 14.3 Å². The molecule has 1 rings (SSSR count). The van der Waals surface area contributed by atoms with Crippen molar-refractivity contribution in [1.29, 1.82) is 0 Å². The minimum absolute atomic E-state index is 0.283. The Labute approximate surface area is 90.3 Å². The van der Waals surface area contributed by atoms with Crippen molar-refractivity contribution in [1.82, 2.24) is 4.90 Å². The summed E-state index contributed by atoms with van der Waals surface area (Å²) in [7, 11) is 0. The highest BCUT2D eigenvalue weighted by atomic mass is 19.1. The van der Waals surface area contributed by atoms with Crippen LogP contribution in [-0.2, 0) is 4.79 Å². The highest BCUT2D eigenvalue weighted by Crippen LogP contribution is 2.34. The van der Waals surface area contributed by atoms with Crippen LogP contribution in [0.3, 0.4) is 0 Å². The molecule has 4 heteroatoms. The van der Waals surface area contributed by atoms with E-state index in [0.717, 1.165) is 19.6 Å². The van der Waals surface area contributed by atoms with E-state index in [-0.39, 0.29) is 6.67 Å². The smallest absolute Gasteiger partial charge is 0.309 e. The van der Waals surface area contributed by atoms with E-state index in [9.17, 15) is 14.3 Å². The third kappa shape index (κ3) is 2.91. The van der Waals surface area contributed by atoms with Crippen LogP contribution in [0.25, 0.3) is 0 Å². The van der Waals surface area contributed by atoms with Gasteiger partial charge in [0.05, 0.1) is 12.1 Å². The first-order chi connectivity index (χ1) is 7.14. The average molecular weight is 217 g/mol. The van der Waals surface area contributed by atoms with Gasteiger partial charge in [-0.3, -0.25) is 9.18 Å². The maximum Gasteiger partial charge on any atom is 0.309 e. The Morgan fingerprint density at radius 3 is 2.47 bits per heavy atom. The zero-order chi connectivity index (χ0) is 11.3. The average Bonchev–Trinajstić information content (AvgIpc) is 2.27. The van der Waals surface area contributed by atoms with Crippen molar-refractivity contribution in [2.24, 2.45) is 5.41 Å². The Morgan fingerprint density at radius 2 is 2.07 bits per heavy atom. The second kappa shape index (κ2) is 5.45. The molecule has 0 aromatic carbocycles. The molecule has 1 fully saturated rings. The van der Waals surface area contributed by atoms with Gasteiger partial charge in [0.2, 0.25) is 0 Å². The van der Waals surface area contributed by atoms with Crippen LogP contribution in [0.15, 0.2) is 0 Å². The number of likely N-dealkylation sites (tertiary alicyclic amines) is 1. The minimum Gasteiger partial charge on any atom is -0.481 e. The van der Waals surface area contributed by atoms with E-state index in [0.29, 0.717) is 25.7 Å². The maximum atomic E-state index is 12.0. The molecule has 3 nitrogen and oxygen atoms in total. The number of aliphatic carboxylic acids is 1. The molecule has 0 bridgehead atoms. The van der Waals surface area contributed by atoms with Crippen molar-refractivity contribution in [2.45, 2.75) is 32.6 Å². The second-order valence-electron chi connectivity index (χ2n) is 4.32. The molecule has 0 spiro atoms. The fraction of sp³-hybridized carbons (Fsp3) is 0.909. The van der Waals surface area contributed by atoms with Gasteiger partial charge in [-0.1, -0.05) is 6.92 Å². The fourth-order valence-electron chi connectivity index (χ4n) is 2.21. The van der Waals surface area contributed by atoms with Gasteiger partial charge in [-0.2, -0.15) is 0 Å². The zero-order valence-electron chi connectivity index (χ0n) is 9.34. The quantitative estimate of drug-likeness (QED) is 0.765. The molecule has 0 aromatic rings. The van der Waals surface area contributed by atoms with Gasteiger partial charge in [-0.05, 0) is 38.8 Å². The molecule has 88 valence electrons. The van der Waals surface area contributed by atoms with Crippen LogP contribution in [0.5, 0.6) is 0 Å². The van der Waals surface area contributed by atoms with Crippen molar-refractivity contribution in [3.63, 3.8) is 0 Å². The van der Waals surface area contributed by atoms with Crippen LogP contribution in [-0.4, -0.2) is 42.3 Å². The Hall–Kier alpha value is -0.640. The van der Waals surface area contributed by atoms with Crippen molar-refractivity contribution in [2.75, 3.05) is 26.3 Å². The molecule has 0 amide bonds. The first-order valence-corrected chi connectivity index (χ1v) is 5.66. The van der Waals surface area contributed by atoms with Gasteiger partial charge in [0.15, 0.2) is 0 Å². The minimum atomic E-state index is -0.671. The standard InChI is InChI=1S/C11H20FNO2/c1-2-11(10(14)15)4-8-13(9-5-11)7-3-6-12/h2-9H2,1H3,(H,14,15). The molecule has 0 atom stereocenters. The molecular formula is C11H20FNO2. The van der Waals surface area contributed by atoms with Gasteiger partial charge in [0.1, 0.15) is 0 Å². The van der Waals surface area contributed by atoms with Crippen molar-refractivity contribution in [3.8, 4) is 0 Å². The van der Waals surface area contributed by atoms with E-state index >= 15 is 0 Å². The lowest BCUT2D eigenvalue weighted by Gasteiger charge is -2.38. The fourth-order valence-corrected chi connectivity index (χ4v) is 2.21. The first kappa shape index (κ1) is 12.4. The molecule has 0 unspecified atom stereocenters. The van der Waals surface area contributed by atoms with E-state index in [1.54, 1.807) is 0 Å². The van der Waals surface area contributed by atoms with Gasteiger partial charge < -0.3 is 10.0 Å². The normalized spacial score (nSPS) is 21.5. The lowest BCUT2D eigenvalue weighted by Crippen LogP contribution is -2.44. The van der Waals surface area contributed by atoms with E-state index in [1.807, 2.05) is 6.92 Å². The molecule has 0 saturated carbocycles. The lowest BCUT2D eigenvalue weighted by atomic mass is 9.76. The van der Waals surface area contributed by atoms with Crippen LogP contribution in [0.2, 0.25) is 0 Å². The third-order valence-electron chi connectivity index (χ3n) is 3.55. The Balaban J connectivity index is 2.42. The summed E-state index contributed by atoms with van der Waals surface area (Å²) in [5.74, 6) is -0.671. The highest BCUT2D eigenvalue weighted by molar-refractivity contribution is 5.74. The SMILES string of the molecule is CCC1(C(=O)O)CCN(CCCF)CC1. The summed E-state index contributed by atoms with van der Waals surface area (Å²) in [6.45, 7) is 4.00. The Morgan fingerprint density at radius 1 is 1.47 bits per heavy atom. The van der Waals surface area contributed by atoms with Crippen molar-refractivity contribution in [3.05, 3.63) is 0 Å². The van der Waals surface area contributed by atoms with E-state index in [2.05, 4.69) is 4.90 Å². The molecule has 0 radical (unpaired) electrons. The number of piperidine rings is 1. The van der Waals surface area contributed by atoms with Crippen molar-refractivity contribution >= 4 is 5.97 Å². The molecular weight excluding hydrogens is 197 g/mol. The lowest BCUT2D eigenvalue weighted by molar-refractivity contribution is -0.152. The van der Waals surface area contributed by atoms with E-state index < -0.39 is 11.4 Å². The first-order valence-electron chi connectivity index (χ1n) is 5.66. The van der Waals surface area contributed by atoms with Gasteiger partial charge in [-0.25, -0.2) is 0 Å². The number of rotatable bonds is 5. The summed E-state index contributed by atoms with van der Waals surface area (Å²) >= 11 is 0. The number of hydrogen-bond acceptors (Lipinski definition) is 2. The van der Waals surface area contributed by atoms with Crippen LogP contribution in [0, 0.1) is 5.41 Å². The monoisotopic (exact) mass is 217 g/mol. The van der Waals surface area contributed by atoms with Crippen LogP contribution in [0.1, 0.15) is 32.6 Å². The molecule has 1 N–H and O–H groups in total. The number of nitrogens with zero attached hydrogens (tertiary/aromatic N) is 1. The van der Waals surface area contributed by atoms with Crippen LogP contribution < -0.4 is 0 Å². The second-order valence-corrected chi connectivity index (χ2v) is 4.32. The molecule has 1 heterocycles. The molecule has 15 heavy (non-hydrogen) atoms. The van der Waals surface area contributed by atoms with Crippen LogP contribution in [0.4, 0.5) is 4.39 Å². The van der Waals surface area contributed by atoms with Gasteiger partial charge in [-0.15, -0.1) is 0 Å². The summed E-state index contributed by atoms with van der Waals surface area (Å²) < 4.78 is 12.0. The van der Waals surface area contributed by atoms with Gasteiger partial charge >= 0.3 is 5.97 Å². The number of halogens is 1. The van der Waals surface area contributed by atoms with Gasteiger partial charge in [0.25, 0.3) is 0 Å². The predicted octanol–water partition coefficient (Wildman–Crippen LogP) is 1.92. The highest BCUT2D eigenvalue weighted by Gasteiger charge is 2.39. The number of hydrogen-bond donors (Lipinski definition) is 1. The summed E-state index contributed by atoms with van der Waals surface area (Å²) in [5, 5.41) is 9.17. The zero-order valence-corrected chi connectivity index (χ0v) is 9.34. The Kier molecular flexibility index (Phi) is 4.51. The van der Waals surface area contributed by atoms with E-state index in [1.165, 1.54) is 0 Å². The third-order valence-corrected chi connectivity index (χ3v) is 3.55. The molecule has 1 aliphatic rings. The van der Waals surface area contributed by atoms with Gasteiger partial charge in [0, 0.05) is 6.54 Å². The molecule has 0 aromatic heterocycles. The van der Waals surface area contributed by atoms with E-state index in [4.69, 9.17) is 0 Å². The molecule has 0 aliphatic carbocycles. The molecule has 1 saturated heterocycles. The topological polar surface area (TPSA) is 40.5 Å². The number of alkyl halides is 1. The summed E-state index contributed by atoms with van der Waals surface area (Å²) in [6, 6.07) is 0. The predicted molar refractivity (Wildman–Crippen MR) is 56.6 cm³/mol. The maximum absolute atomic E-state index is 12.0. The number of carboxylic acids is 1. The summed E-state index contributed by atoms with van der Waals surface area (Å²) in [6.07, 6.45) is 2.65. The Bertz CT molecular complexity index is 213. The summed E-state index contributed by atoms with van der Waals surface area (Å²) in [4.78, 5) is 13.3. The molecule has 1 aliphatic heterocycles.